The Labute approximate surface area is 118 Å². The van der Waals surface area contributed by atoms with Crippen LogP contribution in [0.2, 0.25) is 0 Å². The Bertz CT molecular complexity index is 598. The van der Waals surface area contributed by atoms with E-state index in [1.54, 1.807) is 13.0 Å². The van der Waals surface area contributed by atoms with Crippen molar-refractivity contribution in [3.05, 3.63) is 33.4 Å². The van der Waals surface area contributed by atoms with E-state index in [0.717, 1.165) is 14.5 Å². The lowest BCUT2D eigenvalue weighted by Gasteiger charge is -2.08. The molecule has 0 spiro atoms. The number of esters is 1. The van der Waals surface area contributed by atoms with Crippen molar-refractivity contribution in [3.8, 4) is 5.88 Å². The number of fused-ring (bicyclic) bond motifs is 1. The van der Waals surface area contributed by atoms with Gasteiger partial charge in [-0.3, -0.25) is 0 Å². The molecule has 0 amide bonds. The van der Waals surface area contributed by atoms with Crippen molar-refractivity contribution in [2.24, 2.45) is 0 Å². The zero-order valence-electron chi connectivity index (χ0n) is 10.1. The number of carbonyl (C=O) groups excluding carboxylic acids is 1. The molecule has 0 saturated carbocycles. The Balaban J connectivity index is 2.59. The molecule has 0 unspecified atom stereocenters. The predicted molar refractivity (Wildman–Crippen MR) is 77.0 cm³/mol. The molecule has 0 radical (unpaired) electrons. The Morgan fingerprint density at radius 3 is 2.83 bits per heavy atom. The maximum Gasteiger partial charge on any atom is 0.343 e. The first-order valence-corrected chi connectivity index (χ1v) is 6.55. The molecule has 18 heavy (non-hydrogen) atoms. The summed E-state index contributed by atoms with van der Waals surface area (Å²) in [5.74, 6) is -0.120. The molecule has 5 heteroatoms. The van der Waals surface area contributed by atoms with Gasteiger partial charge in [0.1, 0.15) is 5.56 Å². The summed E-state index contributed by atoms with van der Waals surface area (Å²) >= 11 is 2.21. The number of hydrogen-bond donors (Lipinski definition) is 0. The molecule has 0 saturated heterocycles. The summed E-state index contributed by atoms with van der Waals surface area (Å²) in [6.07, 6.45) is 0. The summed E-state index contributed by atoms with van der Waals surface area (Å²) in [6, 6.07) is 7.57. The average molecular weight is 357 g/mol. The van der Waals surface area contributed by atoms with Crippen LogP contribution in [0.15, 0.2) is 24.3 Å². The smallest absolute Gasteiger partial charge is 0.343 e. The maximum absolute atomic E-state index is 11.8. The van der Waals surface area contributed by atoms with Gasteiger partial charge in [0, 0.05) is 8.96 Å². The van der Waals surface area contributed by atoms with Gasteiger partial charge < -0.3 is 9.47 Å². The van der Waals surface area contributed by atoms with Gasteiger partial charge in [0.15, 0.2) is 0 Å². The molecule has 2 rings (SSSR count). The molecule has 1 aromatic heterocycles. The number of ether oxygens (including phenoxy) is 2. The number of halogens is 1. The molecule has 0 atom stereocenters. The minimum Gasteiger partial charge on any atom is -0.480 e. The molecule has 0 fully saturated rings. The third-order valence-electron chi connectivity index (χ3n) is 2.43. The summed E-state index contributed by atoms with van der Waals surface area (Å²) in [4.78, 5) is 16.1. The summed E-state index contributed by atoms with van der Waals surface area (Å²) < 4.78 is 11.2. The first-order chi connectivity index (χ1) is 8.65. The van der Waals surface area contributed by atoms with Gasteiger partial charge in [-0.15, -0.1) is 0 Å². The molecule has 0 aliphatic carbocycles. The Morgan fingerprint density at radius 2 is 2.17 bits per heavy atom. The maximum atomic E-state index is 11.8. The fraction of sp³-hybridized carbons (Fsp3) is 0.231. The van der Waals surface area contributed by atoms with E-state index in [1.807, 2.05) is 18.2 Å². The zero-order chi connectivity index (χ0) is 13.1. The van der Waals surface area contributed by atoms with E-state index in [-0.39, 0.29) is 0 Å². The second-order valence-electron chi connectivity index (χ2n) is 3.60. The lowest BCUT2D eigenvalue weighted by molar-refractivity contribution is 0.0522. The van der Waals surface area contributed by atoms with Gasteiger partial charge in [0.05, 0.1) is 19.2 Å². The highest BCUT2D eigenvalue weighted by Gasteiger charge is 2.16. The molecule has 4 nitrogen and oxygen atoms in total. The van der Waals surface area contributed by atoms with E-state index in [9.17, 15) is 4.79 Å². The van der Waals surface area contributed by atoms with Crippen LogP contribution >= 0.6 is 22.6 Å². The second-order valence-corrected chi connectivity index (χ2v) is 4.85. The van der Waals surface area contributed by atoms with Gasteiger partial charge in [-0.1, -0.05) is 6.07 Å². The van der Waals surface area contributed by atoms with Crippen LogP contribution in [0.1, 0.15) is 17.3 Å². The molecule has 0 N–H and O–H groups in total. The van der Waals surface area contributed by atoms with Crippen molar-refractivity contribution in [2.75, 3.05) is 13.7 Å². The highest BCUT2D eigenvalue weighted by atomic mass is 127. The van der Waals surface area contributed by atoms with Crippen LogP contribution in [-0.4, -0.2) is 24.7 Å². The van der Waals surface area contributed by atoms with Gasteiger partial charge in [0.2, 0.25) is 5.88 Å². The highest BCUT2D eigenvalue weighted by molar-refractivity contribution is 14.1. The van der Waals surface area contributed by atoms with E-state index in [1.165, 1.54) is 7.11 Å². The number of hydrogen-bond acceptors (Lipinski definition) is 4. The predicted octanol–water partition coefficient (Wildman–Crippen LogP) is 3.02. The number of aromatic nitrogens is 1. The van der Waals surface area contributed by atoms with Crippen LogP contribution in [0, 0.1) is 3.57 Å². The Kier molecular flexibility index (Phi) is 4.00. The molecule has 94 valence electrons. The fourth-order valence-corrected chi connectivity index (χ4v) is 2.11. The van der Waals surface area contributed by atoms with Crippen LogP contribution in [0.4, 0.5) is 0 Å². The third-order valence-corrected chi connectivity index (χ3v) is 3.10. The average Bonchev–Trinajstić information content (AvgIpc) is 2.37. The topological polar surface area (TPSA) is 48.4 Å². The van der Waals surface area contributed by atoms with Gasteiger partial charge in [-0.2, -0.15) is 0 Å². The van der Waals surface area contributed by atoms with Crippen LogP contribution in [0.3, 0.4) is 0 Å². The van der Waals surface area contributed by atoms with Crippen molar-refractivity contribution in [3.63, 3.8) is 0 Å². The molecule has 2 aromatic rings. The third kappa shape index (κ3) is 2.55. The minimum absolute atomic E-state index is 0.294. The van der Waals surface area contributed by atoms with Crippen molar-refractivity contribution in [1.82, 2.24) is 4.98 Å². The summed E-state index contributed by atoms with van der Waals surface area (Å²) in [5, 5.41) is 0.888. The van der Waals surface area contributed by atoms with E-state index in [2.05, 4.69) is 27.6 Å². The lowest BCUT2D eigenvalue weighted by atomic mass is 10.1. The number of methoxy groups -OCH3 is 1. The Hall–Kier alpha value is -1.37. The van der Waals surface area contributed by atoms with Gasteiger partial charge in [0.25, 0.3) is 0 Å². The van der Waals surface area contributed by atoms with Crippen molar-refractivity contribution >= 4 is 39.5 Å². The SMILES string of the molecule is CCOC(=O)c1cc2ccc(I)cc2nc1OC. The van der Waals surface area contributed by atoms with Gasteiger partial charge in [-0.05, 0) is 47.7 Å². The molecular formula is C13H12INO3. The van der Waals surface area contributed by atoms with Gasteiger partial charge >= 0.3 is 5.97 Å². The Morgan fingerprint density at radius 1 is 1.39 bits per heavy atom. The molecule has 0 aliphatic rings. The van der Waals surface area contributed by atoms with E-state index in [4.69, 9.17) is 9.47 Å². The molecule has 0 aliphatic heterocycles. The van der Waals surface area contributed by atoms with E-state index < -0.39 is 5.97 Å². The van der Waals surface area contributed by atoms with E-state index >= 15 is 0 Å². The summed E-state index contributed by atoms with van der Waals surface area (Å²) in [6.45, 7) is 2.09. The first-order valence-electron chi connectivity index (χ1n) is 5.47. The lowest BCUT2D eigenvalue weighted by Crippen LogP contribution is -2.08. The molecule has 1 heterocycles. The minimum atomic E-state index is -0.415. The zero-order valence-corrected chi connectivity index (χ0v) is 12.2. The molecule has 1 aromatic carbocycles. The van der Waals surface area contributed by atoms with Gasteiger partial charge in [-0.25, -0.2) is 9.78 Å². The van der Waals surface area contributed by atoms with Crippen LogP contribution in [0.25, 0.3) is 10.9 Å². The summed E-state index contributed by atoms with van der Waals surface area (Å²) in [5.41, 5.74) is 1.15. The number of carbonyl (C=O) groups is 1. The van der Waals surface area contributed by atoms with Crippen molar-refractivity contribution in [2.45, 2.75) is 6.92 Å². The number of pyridine rings is 1. The quantitative estimate of drug-likeness (QED) is 0.626. The standard InChI is InChI=1S/C13H12INO3/c1-3-18-13(16)10-6-8-4-5-9(14)7-11(8)15-12(10)17-2/h4-7H,3H2,1-2H3. The summed E-state index contributed by atoms with van der Waals surface area (Å²) in [7, 11) is 1.49. The second kappa shape index (κ2) is 5.51. The number of nitrogens with zero attached hydrogens (tertiary/aromatic N) is 1. The molecular weight excluding hydrogens is 345 g/mol. The fourth-order valence-electron chi connectivity index (χ4n) is 1.63. The van der Waals surface area contributed by atoms with Crippen LogP contribution in [-0.2, 0) is 4.74 Å². The number of rotatable bonds is 3. The highest BCUT2D eigenvalue weighted by Crippen LogP contribution is 2.24. The van der Waals surface area contributed by atoms with Crippen LogP contribution in [0.5, 0.6) is 5.88 Å². The normalized spacial score (nSPS) is 10.4. The first kappa shape index (κ1) is 13.1. The van der Waals surface area contributed by atoms with Crippen molar-refractivity contribution < 1.29 is 14.3 Å². The number of benzene rings is 1. The van der Waals surface area contributed by atoms with Crippen molar-refractivity contribution in [1.29, 1.82) is 0 Å². The largest absolute Gasteiger partial charge is 0.480 e. The molecule has 0 bridgehead atoms. The monoisotopic (exact) mass is 357 g/mol. The van der Waals surface area contributed by atoms with Crippen LogP contribution < -0.4 is 4.74 Å². The van der Waals surface area contributed by atoms with E-state index in [0.29, 0.717) is 18.1 Å².